The summed E-state index contributed by atoms with van der Waals surface area (Å²) in [6, 6.07) is 0. The highest BCUT2D eigenvalue weighted by Gasteiger charge is 1.68. The molecule has 0 fully saturated rings. The predicted octanol–water partition coefficient (Wildman–Crippen LogP) is -0.969. The quantitative estimate of drug-likeness (QED) is 0.253. The Balaban J connectivity index is 2.19. The topological polar surface area (TPSA) is 27.7 Å². The summed E-state index contributed by atoms with van der Waals surface area (Å²) in [6.07, 6.45) is 0. The van der Waals surface area contributed by atoms with Crippen LogP contribution in [-0.2, 0) is 14.7 Å². The van der Waals surface area contributed by atoms with E-state index >= 15 is 0 Å². The Labute approximate surface area is 30.9 Å². The molecule has 0 aromatic carbocycles. The maximum absolute atomic E-state index is 10.2. The van der Waals surface area contributed by atoms with Crippen molar-refractivity contribution in [3.8, 4) is 0 Å². The second kappa shape index (κ2) is 4.03. The Morgan fingerprint density at radius 2 is 2.20 bits per heavy atom. The average molecular weight is 98.1 g/mol. The van der Waals surface area contributed by atoms with E-state index in [1.54, 1.807) is 0 Å². The number of hydrogen-bond acceptors (Lipinski definition) is 3. The van der Waals surface area contributed by atoms with E-state index in [0.29, 0.717) is 10.5 Å². The number of halogens is 1. The average Bonchev–Trinajstić information content (AvgIpc) is 1.41. The maximum atomic E-state index is 10.2. The van der Waals surface area contributed by atoms with Crippen LogP contribution in [0.1, 0.15) is 0 Å². The second-order valence-electron chi connectivity index (χ2n) is 0.298. The molecule has 0 saturated heterocycles. The highest BCUT2D eigenvalue weighted by atomic mass is 28.2. The van der Waals surface area contributed by atoms with E-state index in [1.165, 1.54) is 0 Å². The second-order valence-corrected chi connectivity index (χ2v) is 0.631. The molecule has 0 N–H and O–H groups in total. The molecule has 5 heavy (non-hydrogen) atoms. The van der Waals surface area contributed by atoms with Gasteiger partial charge in [0.1, 0.15) is 0 Å². The van der Waals surface area contributed by atoms with Gasteiger partial charge in [-0.15, -0.1) is 0 Å². The fraction of sp³-hybridized carbons (Fsp3) is 0. The van der Waals surface area contributed by atoms with Crippen molar-refractivity contribution < 1.29 is 19.2 Å². The summed E-state index contributed by atoms with van der Waals surface area (Å²) in [5.41, 5.74) is 0. The first-order valence-electron chi connectivity index (χ1n) is 0.896. The minimum atomic E-state index is 0.311. The van der Waals surface area contributed by atoms with Crippen LogP contribution in [0.2, 0.25) is 0 Å². The number of hydrogen-bond donors (Lipinski definition) is 0. The molecule has 0 aromatic rings. The Morgan fingerprint density at radius 1 is 1.60 bits per heavy atom. The van der Waals surface area contributed by atoms with Crippen molar-refractivity contribution in [1.29, 1.82) is 0 Å². The maximum Gasteiger partial charge on any atom is 0.197 e. The first-order valence-corrected chi connectivity index (χ1v) is 1.71. The minimum absolute atomic E-state index is 0.311. The molecular formula is H3FO3Si. The zero-order valence-electron chi connectivity index (χ0n) is 2.60. The first kappa shape index (κ1) is 5.03. The summed E-state index contributed by atoms with van der Waals surface area (Å²) < 4.78 is 13.9. The van der Waals surface area contributed by atoms with Crippen LogP contribution in [0.25, 0.3) is 0 Å². The minimum Gasteiger partial charge on any atom is -0.266 e. The summed E-state index contributed by atoms with van der Waals surface area (Å²) in [5, 5.41) is 5.73. The van der Waals surface area contributed by atoms with Gasteiger partial charge < -0.3 is 0 Å². The van der Waals surface area contributed by atoms with E-state index in [9.17, 15) is 4.53 Å². The lowest BCUT2D eigenvalue weighted by Gasteiger charge is -1.80. The molecule has 5 heteroatoms. The molecule has 0 amide bonds. The highest BCUT2D eigenvalue weighted by molar-refractivity contribution is 5.97. The largest absolute Gasteiger partial charge is 0.266 e. The highest BCUT2D eigenvalue weighted by Crippen LogP contribution is 1.71. The van der Waals surface area contributed by atoms with Gasteiger partial charge in [0.25, 0.3) is 0 Å². The SMILES string of the molecule is FOOO[SiH3]. The number of rotatable bonds is 2. The van der Waals surface area contributed by atoms with Crippen molar-refractivity contribution in [2.24, 2.45) is 0 Å². The Hall–Kier alpha value is 0.0269. The zero-order chi connectivity index (χ0) is 4.12. The molecule has 3 nitrogen and oxygen atoms in total. The van der Waals surface area contributed by atoms with Gasteiger partial charge >= 0.3 is 0 Å². The van der Waals surface area contributed by atoms with Crippen LogP contribution in [0, 0.1) is 0 Å². The lowest BCUT2D eigenvalue weighted by molar-refractivity contribution is -0.554. The summed E-state index contributed by atoms with van der Waals surface area (Å²) in [5.74, 6) is 0. The molecule has 0 radical (unpaired) electrons. The third-order valence-corrected chi connectivity index (χ3v) is 0.230. The van der Waals surface area contributed by atoms with Crippen LogP contribution in [0.3, 0.4) is 0 Å². The summed E-state index contributed by atoms with van der Waals surface area (Å²) in [6.45, 7) is 0. The Kier molecular flexibility index (Phi) is 4.05. The van der Waals surface area contributed by atoms with E-state index < -0.39 is 0 Å². The van der Waals surface area contributed by atoms with Crippen molar-refractivity contribution in [2.45, 2.75) is 0 Å². The smallest absolute Gasteiger partial charge is 0.197 e. The summed E-state index contributed by atoms with van der Waals surface area (Å²) >= 11 is 0. The van der Waals surface area contributed by atoms with E-state index in [0.717, 1.165) is 0 Å². The molecule has 32 valence electrons. The van der Waals surface area contributed by atoms with Crippen molar-refractivity contribution in [1.82, 2.24) is 0 Å². The van der Waals surface area contributed by atoms with Gasteiger partial charge in [-0.05, 0) is 9.56 Å². The van der Waals surface area contributed by atoms with Gasteiger partial charge in [0.05, 0.1) is 0 Å². The van der Waals surface area contributed by atoms with Crippen molar-refractivity contribution in [3.63, 3.8) is 0 Å². The van der Waals surface area contributed by atoms with Crippen molar-refractivity contribution in [2.75, 3.05) is 0 Å². The molecule has 0 bridgehead atoms. The van der Waals surface area contributed by atoms with Gasteiger partial charge in [-0.1, -0.05) is 0 Å². The molecule has 0 spiro atoms. The van der Waals surface area contributed by atoms with Gasteiger partial charge in [-0.2, -0.15) is 0 Å². The Bertz CT molecular complexity index is 14.4. The molecular weight excluding hydrogens is 95.1 g/mol. The molecule has 0 aliphatic heterocycles. The molecule has 0 aliphatic rings. The molecule has 0 aromatic heterocycles. The van der Waals surface area contributed by atoms with E-state index in [-0.39, 0.29) is 0 Å². The summed E-state index contributed by atoms with van der Waals surface area (Å²) in [7, 11) is 0.311. The third kappa shape index (κ3) is 4.03. The van der Waals surface area contributed by atoms with Crippen LogP contribution >= 0.6 is 0 Å². The molecule has 0 saturated carbocycles. The summed E-state index contributed by atoms with van der Waals surface area (Å²) in [4.78, 5) is 0. The van der Waals surface area contributed by atoms with Crippen LogP contribution < -0.4 is 0 Å². The van der Waals surface area contributed by atoms with Crippen LogP contribution in [0.4, 0.5) is 4.53 Å². The lowest BCUT2D eigenvalue weighted by atomic mass is 14.5. The standard InChI is InChI=1S/FH3O3Si/c1-2-3-4-5/h5H3. The third-order valence-electron chi connectivity index (χ3n) is 0.0938. The molecule has 0 rings (SSSR count). The van der Waals surface area contributed by atoms with Crippen LogP contribution in [0.5, 0.6) is 0 Å². The lowest BCUT2D eigenvalue weighted by Crippen LogP contribution is -1.81. The first-order chi connectivity index (χ1) is 2.41. The van der Waals surface area contributed by atoms with Crippen LogP contribution in [0.15, 0.2) is 0 Å². The predicted molar refractivity (Wildman–Crippen MR) is 14.3 cm³/mol. The van der Waals surface area contributed by atoms with E-state index in [4.69, 9.17) is 0 Å². The fourth-order valence-corrected chi connectivity index (χ4v) is 0.0772. The van der Waals surface area contributed by atoms with Gasteiger partial charge in [0, 0.05) is 5.09 Å². The molecule has 0 aliphatic carbocycles. The van der Waals surface area contributed by atoms with E-state index in [1.807, 2.05) is 0 Å². The zero-order valence-corrected chi connectivity index (χ0v) is 4.60. The van der Waals surface area contributed by atoms with Gasteiger partial charge in [-0.25, -0.2) is 0 Å². The van der Waals surface area contributed by atoms with Crippen molar-refractivity contribution in [3.05, 3.63) is 0 Å². The molecule has 0 heterocycles. The normalized spacial score (nSPS) is 9.00. The van der Waals surface area contributed by atoms with Gasteiger partial charge in [-0.3, -0.25) is 4.58 Å². The van der Waals surface area contributed by atoms with Gasteiger partial charge in [0.15, 0.2) is 10.5 Å². The Morgan fingerprint density at radius 3 is 2.20 bits per heavy atom. The molecule has 0 unspecified atom stereocenters. The van der Waals surface area contributed by atoms with Gasteiger partial charge in [0.2, 0.25) is 0 Å². The van der Waals surface area contributed by atoms with Crippen LogP contribution in [-0.4, -0.2) is 10.5 Å². The van der Waals surface area contributed by atoms with E-state index in [2.05, 4.69) is 14.7 Å². The monoisotopic (exact) mass is 98.0 g/mol. The van der Waals surface area contributed by atoms with Crippen molar-refractivity contribution >= 4 is 10.5 Å². The molecule has 0 atom stereocenters. The fourth-order valence-electron chi connectivity index (χ4n) is 0.0257.